The van der Waals surface area contributed by atoms with Gasteiger partial charge in [-0.1, -0.05) is 0 Å². The molecule has 0 spiro atoms. The van der Waals surface area contributed by atoms with Crippen molar-refractivity contribution in [3.8, 4) is 17.6 Å². The van der Waals surface area contributed by atoms with Crippen LogP contribution >= 0.6 is 0 Å². The minimum atomic E-state index is -0.449. The van der Waals surface area contributed by atoms with Gasteiger partial charge in [0.25, 0.3) is 5.91 Å². The molecule has 2 aromatic rings. The van der Waals surface area contributed by atoms with Crippen LogP contribution in [0.2, 0.25) is 0 Å². The third-order valence-electron chi connectivity index (χ3n) is 3.32. The van der Waals surface area contributed by atoms with Gasteiger partial charge in [-0.2, -0.15) is 5.26 Å². The molecule has 0 unspecified atom stereocenters. The van der Waals surface area contributed by atoms with Crippen molar-refractivity contribution in [1.29, 1.82) is 5.26 Å². The number of rotatable bonds is 7. The fourth-order valence-corrected chi connectivity index (χ4v) is 2.11. The number of ether oxygens (including phenoxy) is 3. The maximum Gasteiger partial charge on any atom is 0.337 e. The normalized spacial score (nSPS) is 9.73. The lowest BCUT2D eigenvalue weighted by Gasteiger charge is -2.12. The van der Waals surface area contributed by atoms with Crippen molar-refractivity contribution < 1.29 is 23.8 Å². The van der Waals surface area contributed by atoms with Crippen LogP contribution in [0, 0.1) is 11.3 Å². The van der Waals surface area contributed by atoms with Gasteiger partial charge in [0, 0.05) is 11.8 Å². The molecule has 1 amide bonds. The number of hydrogen-bond donors (Lipinski definition) is 1. The molecule has 0 bridgehead atoms. The van der Waals surface area contributed by atoms with Crippen molar-refractivity contribution in [1.82, 2.24) is 0 Å². The third-order valence-corrected chi connectivity index (χ3v) is 3.32. The van der Waals surface area contributed by atoms with E-state index < -0.39 is 5.97 Å². The Hall–Kier alpha value is -3.53. The van der Waals surface area contributed by atoms with E-state index >= 15 is 0 Å². The number of hydrogen-bond acceptors (Lipinski definition) is 6. The summed E-state index contributed by atoms with van der Waals surface area (Å²) in [4.78, 5) is 23.4. The second-order valence-electron chi connectivity index (χ2n) is 5.11. The monoisotopic (exact) mass is 354 g/mol. The third kappa shape index (κ3) is 4.98. The summed E-state index contributed by atoms with van der Waals surface area (Å²) in [5.74, 6) is -0.0399. The highest BCUT2D eigenvalue weighted by Gasteiger charge is 2.10. The summed E-state index contributed by atoms with van der Waals surface area (Å²) in [5.41, 5.74) is 1.35. The SMILES string of the molecule is CCOc1cc(C#N)ccc1OCC(=O)Nc1ccc(C(=O)OC)cc1. The Balaban J connectivity index is 1.96. The van der Waals surface area contributed by atoms with Gasteiger partial charge in [-0.05, 0) is 43.3 Å². The lowest BCUT2D eigenvalue weighted by atomic mass is 10.2. The molecular weight excluding hydrogens is 336 g/mol. The lowest BCUT2D eigenvalue weighted by Crippen LogP contribution is -2.20. The molecular formula is C19H18N2O5. The van der Waals surface area contributed by atoms with Crippen LogP contribution in [0.3, 0.4) is 0 Å². The van der Waals surface area contributed by atoms with Crippen LogP contribution in [-0.4, -0.2) is 32.2 Å². The van der Waals surface area contributed by atoms with Crippen molar-refractivity contribution in [2.75, 3.05) is 25.6 Å². The second kappa shape index (κ2) is 9.08. The van der Waals surface area contributed by atoms with Crippen LogP contribution in [0.25, 0.3) is 0 Å². The lowest BCUT2D eigenvalue weighted by molar-refractivity contribution is -0.118. The van der Waals surface area contributed by atoms with Crippen LogP contribution in [0.1, 0.15) is 22.8 Å². The molecule has 0 fully saturated rings. The fourth-order valence-electron chi connectivity index (χ4n) is 2.11. The van der Waals surface area contributed by atoms with Crippen LogP contribution in [0.4, 0.5) is 5.69 Å². The van der Waals surface area contributed by atoms with Gasteiger partial charge in [-0.25, -0.2) is 4.79 Å². The highest BCUT2D eigenvalue weighted by Crippen LogP contribution is 2.28. The maximum atomic E-state index is 12.0. The molecule has 0 atom stereocenters. The van der Waals surface area contributed by atoms with E-state index in [2.05, 4.69) is 10.1 Å². The molecule has 0 saturated heterocycles. The number of carbonyl (C=O) groups excluding carboxylic acids is 2. The predicted octanol–water partition coefficient (Wildman–Crippen LogP) is 2.76. The summed E-state index contributed by atoms with van der Waals surface area (Å²) in [6.07, 6.45) is 0. The summed E-state index contributed by atoms with van der Waals surface area (Å²) in [6.45, 7) is 1.99. The van der Waals surface area contributed by atoms with E-state index in [0.29, 0.717) is 34.9 Å². The topological polar surface area (TPSA) is 97.6 Å². The molecule has 7 heteroatoms. The quantitative estimate of drug-likeness (QED) is 0.768. The van der Waals surface area contributed by atoms with Crippen LogP contribution in [-0.2, 0) is 9.53 Å². The number of methoxy groups -OCH3 is 1. The number of amides is 1. The molecule has 134 valence electrons. The first kappa shape index (κ1) is 18.8. The molecule has 0 aliphatic carbocycles. The zero-order valence-corrected chi connectivity index (χ0v) is 14.4. The number of carbonyl (C=O) groups is 2. The molecule has 0 aliphatic rings. The van der Waals surface area contributed by atoms with Crippen molar-refractivity contribution >= 4 is 17.6 Å². The van der Waals surface area contributed by atoms with E-state index in [1.807, 2.05) is 13.0 Å². The molecule has 0 heterocycles. The smallest absolute Gasteiger partial charge is 0.337 e. The number of nitrogens with one attached hydrogen (secondary N) is 1. The number of esters is 1. The Bertz CT molecular complexity index is 825. The molecule has 0 radical (unpaired) electrons. The summed E-state index contributed by atoms with van der Waals surface area (Å²) in [7, 11) is 1.30. The van der Waals surface area contributed by atoms with Gasteiger partial charge in [0.15, 0.2) is 18.1 Å². The Morgan fingerprint density at radius 3 is 2.42 bits per heavy atom. The largest absolute Gasteiger partial charge is 0.490 e. The molecule has 2 rings (SSSR count). The summed E-state index contributed by atoms with van der Waals surface area (Å²) in [6, 6.07) is 13.0. The minimum absolute atomic E-state index is 0.231. The van der Waals surface area contributed by atoms with Gasteiger partial charge in [-0.15, -0.1) is 0 Å². The van der Waals surface area contributed by atoms with Crippen molar-refractivity contribution in [3.05, 3.63) is 53.6 Å². The molecule has 2 aromatic carbocycles. The average molecular weight is 354 g/mol. The highest BCUT2D eigenvalue weighted by atomic mass is 16.5. The van der Waals surface area contributed by atoms with Gasteiger partial charge in [0.1, 0.15) is 0 Å². The standard InChI is InChI=1S/C19H18N2O5/c1-3-25-17-10-13(11-20)4-9-16(17)26-12-18(22)21-15-7-5-14(6-8-15)19(23)24-2/h4-10H,3,12H2,1-2H3,(H,21,22). The first-order chi connectivity index (χ1) is 12.6. The number of nitrogens with zero attached hydrogens (tertiary/aromatic N) is 1. The first-order valence-corrected chi connectivity index (χ1v) is 7.85. The summed E-state index contributed by atoms with van der Waals surface area (Å²) < 4.78 is 15.5. The summed E-state index contributed by atoms with van der Waals surface area (Å²) >= 11 is 0. The van der Waals surface area contributed by atoms with Crippen molar-refractivity contribution in [2.45, 2.75) is 6.92 Å². The van der Waals surface area contributed by atoms with E-state index in [1.54, 1.807) is 42.5 Å². The van der Waals surface area contributed by atoms with Gasteiger partial charge in [0.05, 0.1) is 30.9 Å². The first-order valence-electron chi connectivity index (χ1n) is 7.85. The Kier molecular flexibility index (Phi) is 6.57. The highest BCUT2D eigenvalue weighted by molar-refractivity contribution is 5.93. The van der Waals surface area contributed by atoms with Crippen molar-refractivity contribution in [2.24, 2.45) is 0 Å². The average Bonchev–Trinajstić information content (AvgIpc) is 2.67. The molecule has 7 nitrogen and oxygen atoms in total. The number of benzene rings is 2. The van der Waals surface area contributed by atoms with Gasteiger partial charge in [0.2, 0.25) is 0 Å². The maximum absolute atomic E-state index is 12.0. The van der Waals surface area contributed by atoms with Gasteiger partial charge < -0.3 is 19.5 Å². The van der Waals surface area contributed by atoms with Crippen molar-refractivity contribution in [3.63, 3.8) is 0 Å². The van der Waals surface area contributed by atoms with E-state index in [4.69, 9.17) is 14.7 Å². The summed E-state index contributed by atoms with van der Waals surface area (Å²) in [5, 5.41) is 11.6. The van der Waals surface area contributed by atoms with E-state index in [1.165, 1.54) is 7.11 Å². The second-order valence-corrected chi connectivity index (χ2v) is 5.11. The molecule has 1 N–H and O–H groups in total. The minimum Gasteiger partial charge on any atom is -0.490 e. The number of nitriles is 1. The Labute approximate surface area is 151 Å². The Morgan fingerprint density at radius 2 is 1.81 bits per heavy atom. The van der Waals surface area contributed by atoms with Crippen LogP contribution in [0.5, 0.6) is 11.5 Å². The Morgan fingerprint density at radius 1 is 1.08 bits per heavy atom. The van der Waals surface area contributed by atoms with Gasteiger partial charge >= 0.3 is 5.97 Å². The molecule has 0 saturated carbocycles. The van der Waals surface area contributed by atoms with Gasteiger partial charge in [-0.3, -0.25) is 4.79 Å². The van der Waals surface area contributed by atoms with E-state index in [-0.39, 0.29) is 12.5 Å². The molecule has 0 aromatic heterocycles. The van der Waals surface area contributed by atoms with E-state index in [0.717, 1.165) is 0 Å². The molecule has 26 heavy (non-hydrogen) atoms. The number of anilines is 1. The van der Waals surface area contributed by atoms with E-state index in [9.17, 15) is 9.59 Å². The van der Waals surface area contributed by atoms with Crippen LogP contribution in [0.15, 0.2) is 42.5 Å². The zero-order valence-electron chi connectivity index (χ0n) is 14.4. The fraction of sp³-hybridized carbons (Fsp3) is 0.211. The zero-order chi connectivity index (χ0) is 18.9. The molecule has 0 aliphatic heterocycles. The predicted molar refractivity (Wildman–Crippen MR) is 94.2 cm³/mol. The van der Waals surface area contributed by atoms with Crippen LogP contribution < -0.4 is 14.8 Å².